The Balaban J connectivity index is 2.98. The molecule has 1 rings (SSSR count). The van der Waals surface area contributed by atoms with Gasteiger partial charge in [0.1, 0.15) is 0 Å². The summed E-state index contributed by atoms with van der Waals surface area (Å²) in [4.78, 5) is 10.7. The molecular formula is C11H9F3O3. The van der Waals surface area contributed by atoms with Crippen LogP contribution in [-0.4, -0.2) is 17.3 Å². The summed E-state index contributed by atoms with van der Waals surface area (Å²) in [5, 5.41) is 9.16. The molecule has 92 valence electrons. The molecule has 0 aromatic heterocycles. The molecule has 0 amide bonds. The molecule has 0 aliphatic rings. The Bertz CT molecular complexity index is 450. The number of hydrogen-bond donors (Lipinski definition) is 1. The zero-order valence-electron chi connectivity index (χ0n) is 8.78. The van der Waals surface area contributed by atoms with Crippen LogP contribution in [0.25, 0.3) is 6.08 Å². The Morgan fingerprint density at radius 2 is 2.06 bits per heavy atom. The SMILES string of the molecule is CC(=O)C=Cc1ccc(O)c(OC(F)(F)F)c1. The fourth-order valence-corrected chi connectivity index (χ4v) is 1.05. The fraction of sp³-hybridized carbons (Fsp3) is 0.182. The van der Waals surface area contributed by atoms with Gasteiger partial charge in [-0.15, -0.1) is 13.2 Å². The summed E-state index contributed by atoms with van der Waals surface area (Å²) in [7, 11) is 0. The second-order valence-corrected chi connectivity index (χ2v) is 3.22. The quantitative estimate of drug-likeness (QED) is 0.834. The van der Waals surface area contributed by atoms with Gasteiger partial charge in [-0.2, -0.15) is 0 Å². The minimum absolute atomic E-state index is 0.239. The van der Waals surface area contributed by atoms with Crippen molar-refractivity contribution in [3.63, 3.8) is 0 Å². The van der Waals surface area contributed by atoms with E-state index >= 15 is 0 Å². The Morgan fingerprint density at radius 1 is 1.41 bits per heavy atom. The molecule has 0 saturated carbocycles. The summed E-state index contributed by atoms with van der Waals surface area (Å²) in [5.41, 5.74) is 0.317. The number of phenolic OH excluding ortho intramolecular Hbond substituents is 1. The van der Waals surface area contributed by atoms with Gasteiger partial charge in [-0.3, -0.25) is 4.79 Å². The van der Waals surface area contributed by atoms with Crippen molar-refractivity contribution in [2.45, 2.75) is 13.3 Å². The fourth-order valence-electron chi connectivity index (χ4n) is 1.05. The normalized spacial score (nSPS) is 11.8. The van der Waals surface area contributed by atoms with Crippen molar-refractivity contribution < 1.29 is 27.8 Å². The van der Waals surface area contributed by atoms with Crippen molar-refractivity contribution in [1.82, 2.24) is 0 Å². The molecule has 3 nitrogen and oxygen atoms in total. The van der Waals surface area contributed by atoms with Gasteiger partial charge in [0.2, 0.25) is 0 Å². The third-order valence-corrected chi connectivity index (χ3v) is 1.72. The molecule has 0 aliphatic carbocycles. The highest BCUT2D eigenvalue weighted by molar-refractivity contribution is 5.91. The molecule has 0 unspecified atom stereocenters. The summed E-state index contributed by atoms with van der Waals surface area (Å²) in [6, 6.07) is 3.40. The van der Waals surface area contributed by atoms with Crippen molar-refractivity contribution in [2.24, 2.45) is 0 Å². The minimum Gasteiger partial charge on any atom is -0.504 e. The highest BCUT2D eigenvalue weighted by atomic mass is 19.4. The van der Waals surface area contributed by atoms with Gasteiger partial charge < -0.3 is 9.84 Å². The largest absolute Gasteiger partial charge is 0.573 e. The number of alkyl halides is 3. The van der Waals surface area contributed by atoms with E-state index < -0.39 is 17.9 Å². The summed E-state index contributed by atoms with van der Waals surface area (Å²) in [6.07, 6.45) is -2.35. The second kappa shape index (κ2) is 4.90. The molecule has 6 heteroatoms. The lowest BCUT2D eigenvalue weighted by molar-refractivity contribution is -0.275. The first-order valence-corrected chi connectivity index (χ1v) is 4.55. The van der Waals surface area contributed by atoms with Gasteiger partial charge in [0.15, 0.2) is 17.3 Å². The van der Waals surface area contributed by atoms with Crippen LogP contribution in [0.15, 0.2) is 24.3 Å². The number of ether oxygens (including phenoxy) is 1. The number of ketones is 1. The molecule has 1 aromatic rings. The molecule has 0 spiro atoms. The molecule has 0 saturated heterocycles. The first-order valence-electron chi connectivity index (χ1n) is 4.55. The molecule has 0 heterocycles. The van der Waals surface area contributed by atoms with E-state index in [1.54, 1.807) is 0 Å². The maximum absolute atomic E-state index is 12.0. The number of benzene rings is 1. The Kier molecular flexibility index (Phi) is 3.77. The maximum Gasteiger partial charge on any atom is 0.573 e. The molecule has 1 aromatic carbocycles. The van der Waals surface area contributed by atoms with Crippen LogP contribution in [0, 0.1) is 0 Å². The van der Waals surface area contributed by atoms with Gasteiger partial charge in [0.25, 0.3) is 0 Å². The lowest BCUT2D eigenvalue weighted by Crippen LogP contribution is -2.17. The molecule has 0 fully saturated rings. The van der Waals surface area contributed by atoms with Gasteiger partial charge in [0.05, 0.1) is 0 Å². The van der Waals surface area contributed by atoms with E-state index in [1.807, 2.05) is 0 Å². The van der Waals surface area contributed by atoms with E-state index in [0.29, 0.717) is 5.56 Å². The van der Waals surface area contributed by atoms with Crippen LogP contribution in [0.5, 0.6) is 11.5 Å². The highest BCUT2D eigenvalue weighted by Gasteiger charge is 2.32. The van der Waals surface area contributed by atoms with E-state index in [2.05, 4.69) is 4.74 Å². The number of hydrogen-bond acceptors (Lipinski definition) is 3. The van der Waals surface area contributed by atoms with Crippen molar-refractivity contribution in [1.29, 1.82) is 0 Å². The van der Waals surface area contributed by atoms with Crippen LogP contribution in [0.4, 0.5) is 13.2 Å². The molecular weight excluding hydrogens is 237 g/mol. The van der Waals surface area contributed by atoms with E-state index in [0.717, 1.165) is 12.1 Å². The Labute approximate surface area is 95.1 Å². The van der Waals surface area contributed by atoms with Gasteiger partial charge >= 0.3 is 6.36 Å². The highest BCUT2D eigenvalue weighted by Crippen LogP contribution is 2.32. The van der Waals surface area contributed by atoms with Crippen LogP contribution in [0.3, 0.4) is 0 Å². The molecule has 17 heavy (non-hydrogen) atoms. The lowest BCUT2D eigenvalue weighted by Gasteiger charge is -2.10. The first-order chi connectivity index (χ1) is 7.78. The number of allylic oxidation sites excluding steroid dienone is 1. The first kappa shape index (κ1) is 13.1. The predicted octanol–water partition coefficient (Wildman–Crippen LogP) is 2.89. The van der Waals surface area contributed by atoms with Gasteiger partial charge in [-0.05, 0) is 30.7 Å². The number of carbonyl (C=O) groups excluding carboxylic acids is 1. The van der Waals surface area contributed by atoms with E-state index in [4.69, 9.17) is 5.11 Å². The molecule has 0 atom stereocenters. The van der Waals surface area contributed by atoms with Crippen LogP contribution >= 0.6 is 0 Å². The summed E-state index contributed by atoms with van der Waals surface area (Å²) >= 11 is 0. The topological polar surface area (TPSA) is 46.5 Å². The van der Waals surface area contributed by atoms with Crippen molar-refractivity contribution >= 4 is 11.9 Å². The van der Waals surface area contributed by atoms with Crippen molar-refractivity contribution in [3.05, 3.63) is 29.8 Å². The van der Waals surface area contributed by atoms with E-state index in [1.165, 1.54) is 25.1 Å². The predicted molar refractivity (Wildman–Crippen MR) is 54.5 cm³/mol. The number of carbonyl (C=O) groups is 1. The minimum atomic E-state index is -4.87. The molecule has 0 bridgehead atoms. The average molecular weight is 246 g/mol. The van der Waals surface area contributed by atoms with Gasteiger partial charge in [-0.1, -0.05) is 12.1 Å². The second-order valence-electron chi connectivity index (χ2n) is 3.22. The van der Waals surface area contributed by atoms with Crippen LogP contribution in [0.1, 0.15) is 12.5 Å². The molecule has 0 radical (unpaired) electrons. The van der Waals surface area contributed by atoms with Crippen molar-refractivity contribution in [2.75, 3.05) is 0 Å². The standard InChI is InChI=1S/C11H9F3O3/c1-7(15)2-3-8-4-5-9(16)10(6-8)17-11(12,13)14/h2-6,16H,1H3. The van der Waals surface area contributed by atoms with Crippen molar-refractivity contribution in [3.8, 4) is 11.5 Å². The number of phenols is 1. The summed E-state index contributed by atoms with van der Waals surface area (Å²) in [6.45, 7) is 1.31. The Hall–Kier alpha value is -1.98. The number of rotatable bonds is 3. The smallest absolute Gasteiger partial charge is 0.504 e. The third-order valence-electron chi connectivity index (χ3n) is 1.72. The third kappa shape index (κ3) is 4.58. The van der Waals surface area contributed by atoms with E-state index in [-0.39, 0.29) is 5.78 Å². The van der Waals surface area contributed by atoms with Crippen LogP contribution in [-0.2, 0) is 4.79 Å². The van der Waals surface area contributed by atoms with E-state index in [9.17, 15) is 18.0 Å². The van der Waals surface area contributed by atoms with Gasteiger partial charge in [-0.25, -0.2) is 0 Å². The Morgan fingerprint density at radius 3 is 2.59 bits per heavy atom. The summed E-state index contributed by atoms with van der Waals surface area (Å²) in [5.74, 6) is -1.57. The number of halogens is 3. The average Bonchev–Trinajstić information content (AvgIpc) is 2.17. The summed E-state index contributed by atoms with van der Waals surface area (Å²) < 4.78 is 39.5. The number of aromatic hydroxyl groups is 1. The van der Waals surface area contributed by atoms with Crippen LogP contribution in [0.2, 0.25) is 0 Å². The lowest BCUT2D eigenvalue weighted by atomic mass is 10.2. The monoisotopic (exact) mass is 246 g/mol. The van der Waals surface area contributed by atoms with Crippen LogP contribution < -0.4 is 4.74 Å². The molecule has 1 N–H and O–H groups in total. The van der Waals surface area contributed by atoms with Gasteiger partial charge in [0, 0.05) is 0 Å². The maximum atomic E-state index is 12.0. The molecule has 0 aliphatic heterocycles. The zero-order chi connectivity index (χ0) is 13.1. The zero-order valence-corrected chi connectivity index (χ0v) is 8.78.